The van der Waals surface area contributed by atoms with Crippen LogP contribution in [-0.4, -0.2) is 19.1 Å². The molecular formula is C22H20F3NO3. The van der Waals surface area contributed by atoms with Crippen molar-refractivity contribution in [2.24, 2.45) is 0 Å². The number of ether oxygens (including phenoxy) is 1. The second kappa shape index (κ2) is 9.82. The molecule has 1 N–H and O–H groups in total. The quantitative estimate of drug-likeness (QED) is 0.548. The van der Waals surface area contributed by atoms with Crippen LogP contribution in [-0.2, 0) is 17.6 Å². The molecule has 4 nitrogen and oxygen atoms in total. The van der Waals surface area contributed by atoms with Crippen LogP contribution in [0.25, 0.3) is 11.3 Å². The van der Waals surface area contributed by atoms with E-state index >= 15 is 0 Å². The van der Waals surface area contributed by atoms with E-state index in [1.165, 1.54) is 18.2 Å². The van der Waals surface area contributed by atoms with E-state index in [9.17, 15) is 18.0 Å². The van der Waals surface area contributed by atoms with Gasteiger partial charge in [0.25, 0.3) is 0 Å². The molecule has 0 aliphatic heterocycles. The smallest absolute Gasteiger partial charge is 0.387 e. The molecule has 0 saturated heterocycles. The molecule has 0 unspecified atom stereocenters. The highest BCUT2D eigenvalue weighted by Gasteiger charge is 2.10. The van der Waals surface area contributed by atoms with Crippen molar-refractivity contribution in [3.05, 3.63) is 77.8 Å². The Balaban J connectivity index is 1.41. The number of nitrogens with one attached hydrogen (secondary N) is 1. The third kappa shape index (κ3) is 6.14. The van der Waals surface area contributed by atoms with Crippen LogP contribution >= 0.6 is 0 Å². The van der Waals surface area contributed by atoms with Crippen LogP contribution in [0, 0.1) is 5.82 Å². The monoisotopic (exact) mass is 403 g/mol. The molecule has 0 saturated carbocycles. The summed E-state index contributed by atoms with van der Waals surface area (Å²) in [4.78, 5) is 12.0. The Labute approximate surface area is 166 Å². The standard InChI is InChI=1S/C22H20F3NO3/c23-19-4-2-1-3-18(19)20-11-9-16(28-20)10-12-21(27)26-14-13-15-5-7-17(8-6-15)29-22(24)25/h1-9,11,22H,10,12-14H2,(H,26,27). The third-order valence-corrected chi connectivity index (χ3v) is 4.28. The van der Waals surface area contributed by atoms with Gasteiger partial charge in [0, 0.05) is 19.4 Å². The lowest BCUT2D eigenvalue weighted by Crippen LogP contribution is -2.25. The topological polar surface area (TPSA) is 51.5 Å². The number of carbonyl (C=O) groups excluding carboxylic acids is 1. The number of amides is 1. The number of hydrogen-bond donors (Lipinski definition) is 1. The van der Waals surface area contributed by atoms with Gasteiger partial charge < -0.3 is 14.5 Å². The summed E-state index contributed by atoms with van der Waals surface area (Å²) in [5.74, 6) is 0.637. The number of hydrogen-bond acceptors (Lipinski definition) is 3. The molecule has 0 aliphatic rings. The van der Waals surface area contributed by atoms with Crippen molar-refractivity contribution in [1.29, 1.82) is 0 Å². The normalized spacial score (nSPS) is 10.9. The lowest BCUT2D eigenvalue weighted by molar-refractivity contribution is -0.121. The van der Waals surface area contributed by atoms with Crippen molar-refractivity contribution in [1.82, 2.24) is 5.32 Å². The minimum atomic E-state index is -2.85. The molecular weight excluding hydrogens is 383 g/mol. The molecule has 1 heterocycles. The maximum absolute atomic E-state index is 13.8. The van der Waals surface area contributed by atoms with Crippen LogP contribution < -0.4 is 10.1 Å². The Kier molecular flexibility index (Phi) is 6.94. The summed E-state index contributed by atoms with van der Waals surface area (Å²) in [6.45, 7) is -2.43. The maximum Gasteiger partial charge on any atom is 0.387 e. The molecule has 3 rings (SSSR count). The Bertz CT molecular complexity index is 938. The summed E-state index contributed by atoms with van der Waals surface area (Å²) in [5.41, 5.74) is 1.28. The van der Waals surface area contributed by atoms with E-state index in [2.05, 4.69) is 10.1 Å². The zero-order chi connectivity index (χ0) is 20.6. The lowest BCUT2D eigenvalue weighted by atomic mass is 10.1. The van der Waals surface area contributed by atoms with Gasteiger partial charge in [-0.2, -0.15) is 8.78 Å². The highest BCUT2D eigenvalue weighted by atomic mass is 19.3. The van der Waals surface area contributed by atoms with Crippen LogP contribution in [0.15, 0.2) is 65.1 Å². The minimum absolute atomic E-state index is 0.0981. The molecule has 152 valence electrons. The van der Waals surface area contributed by atoms with Gasteiger partial charge in [-0.05, 0) is 48.4 Å². The summed E-state index contributed by atoms with van der Waals surface area (Å²) in [6.07, 6.45) is 1.21. The molecule has 0 aliphatic carbocycles. The summed E-state index contributed by atoms with van der Waals surface area (Å²) in [6, 6.07) is 16.0. The number of carbonyl (C=O) groups is 1. The SMILES string of the molecule is O=C(CCc1ccc(-c2ccccc2F)o1)NCCc1ccc(OC(F)F)cc1. The van der Waals surface area contributed by atoms with Gasteiger partial charge in [-0.25, -0.2) is 4.39 Å². The fraction of sp³-hybridized carbons (Fsp3) is 0.227. The van der Waals surface area contributed by atoms with Gasteiger partial charge in [-0.3, -0.25) is 4.79 Å². The van der Waals surface area contributed by atoms with Crippen molar-refractivity contribution in [3.8, 4) is 17.1 Å². The molecule has 0 bridgehead atoms. The largest absolute Gasteiger partial charge is 0.461 e. The Morgan fingerprint density at radius 2 is 1.76 bits per heavy atom. The van der Waals surface area contributed by atoms with Crippen molar-refractivity contribution in [3.63, 3.8) is 0 Å². The average Bonchev–Trinajstić information content (AvgIpc) is 3.16. The first-order chi connectivity index (χ1) is 14.0. The second-order valence-electron chi connectivity index (χ2n) is 6.37. The predicted molar refractivity (Wildman–Crippen MR) is 102 cm³/mol. The number of rotatable bonds is 9. The lowest BCUT2D eigenvalue weighted by Gasteiger charge is -2.07. The highest BCUT2D eigenvalue weighted by Crippen LogP contribution is 2.25. The zero-order valence-corrected chi connectivity index (χ0v) is 15.5. The summed E-state index contributed by atoms with van der Waals surface area (Å²) in [5, 5.41) is 2.80. The molecule has 0 radical (unpaired) electrons. The fourth-order valence-corrected chi connectivity index (χ4v) is 2.83. The third-order valence-electron chi connectivity index (χ3n) is 4.28. The molecule has 0 fully saturated rings. The molecule has 1 aromatic heterocycles. The van der Waals surface area contributed by atoms with E-state index in [1.54, 1.807) is 42.5 Å². The first kappa shape index (κ1) is 20.5. The minimum Gasteiger partial charge on any atom is -0.461 e. The molecule has 0 spiro atoms. The number of aryl methyl sites for hydroxylation is 1. The highest BCUT2D eigenvalue weighted by molar-refractivity contribution is 5.76. The van der Waals surface area contributed by atoms with Crippen molar-refractivity contribution in [2.75, 3.05) is 6.54 Å². The summed E-state index contributed by atoms with van der Waals surface area (Å²) < 4.78 is 47.9. The average molecular weight is 403 g/mol. The second-order valence-corrected chi connectivity index (χ2v) is 6.37. The van der Waals surface area contributed by atoms with Crippen LogP contribution in [0.4, 0.5) is 13.2 Å². The van der Waals surface area contributed by atoms with Gasteiger partial charge in [0.2, 0.25) is 5.91 Å². The van der Waals surface area contributed by atoms with E-state index in [0.717, 1.165) is 5.56 Å². The molecule has 3 aromatic rings. The predicted octanol–water partition coefficient (Wildman–Crippen LogP) is 4.98. The molecule has 1 amide bonds. The zero-order valence-electron chi connectivity index (χ0n) is 15.5. The summed E-state index contributed by atoms with van der Waals surface area (Å²) in [7, 11) is 0. The van der Waals surface area contributed by atoms with Gasteiger partial charge in [-0.15, -0.1) is 0 Å². The number of furan rings is 1. The van der Waals surface area contributed by atoms with E-state index in [1.807, 2.05) is 0 Å². The molecule has 2 aromatic carbocycles. The van der Waals surface area contributed by atoms with E-state index in [-0.39, 0.29) is 23.9 Å². The molecule has 29 heavy (non-hydrogen) atoms. The molecule has 7 heteroatoms. The number of benzene rings is 2. The Morgan fingerprint density at radius 1 is 1.00 bits per heavy atom. The van der Waals surface area contributed by atoms with Gasteiger partial charge >= 0.3 is 6.61 Å². The molecule has 0 atom stereocenters. The van der Waals surface area contributed by atoms with Gasteiger partial charge in [0.05, 0.1) is 5.56 Å². The van der Waals surface area contributed by atoms with E-state index in [4.69, 9.17) is 4.42 Å². The maximum atomic E-state index is 13.8. The fourth-order valence-electron chi connectivity index (χ4n) is 2.83. The van der Waals surface area contributed by atoms with Gasteiger partial charge in [0.1, 0.15) is 23.1 Å². The first-order valence-electron chi connectivity index (χ1n) is 9.15. The van der Waals surface area contributed by atoms with Crippen molar-refractivity contribution in [2.45, 2.75) is 25.9 Å². The Morgan fingerprint density at radius 3 is 2.48 bits per heavy atom. The first-order valence-corrected chi connectivity index (χ1v) is 9.15. The van der Waals surface area contributed by atoms with E-state index < -0.39 is 6.61 Å². The van der Waals surface area contributed by atoms with Crippen LogP contribution in [0.1, 0.15) is 17.7 Å². The number of halogens is 3. The van der Waals surface area contributed by atoms with Crippen LogP contribution in [0.2, 0.25) is 0 Å². The van der Waals surface area contributed by atoms with Crippen LogP contribution in [0.3, 0.4) is 0 Å². The van der Waals surface area contributed by atoms with E-state index in [0.29, 0.717) is 36.5 Å². The summed E-state index contributed by atoms with van der Waals surface area (Å²) >= 11 is 0. The van der Waals surface area contributed by atoms with Crippen LogP contribution in [0.5, 0.6) is 5.75 Å². The number of alkyl halides is 2. The van der Waals surface area contributed by atoms with Gasteiger partial charge in [0.15, 0.2) is 0 Å². The van der Waals surface area contributed by atoms with Crippen molar-refractivity contribution >= 4 is 5.91 Å². The van der Waals surface area contributed by atoms with Crippen molar-refractivity contribution < 1.29 is 27.1 Å². The Hall–Kier alpha value is -3.22. The van der Waals surface area contributed by atoms with Gasteiger partial charge in [-0.1, -0.05) is 24.3 Å².